The average molecular weight is 542 g/mol. The molecule has 0 bridgehead atoms. The van der Waals surface area contributed by atoms with E-state index in [9.17, 15) is 23.2 Å². The van der Waals surface area contributed by atoms with Crippen molar-refractivity contribution >= 4 is 18.2 Å². The van der Waals surface area contributed by atoms with Crippen LogP contribution in [0.5, 0.6) is 5.75 Å². The predicted molar refractivity (Wildman–Crippen MR) is 132 cm³/mol. The molecule has 2 fully saturated rings. The fourth-order valence-electron chi connectivity index (χ4n) is 4.17. The van der Waals surface area contributed by atoms with E-state index in [2.05, 4.69) is 0 Å². The van der Waals surface area contributed by atoms with Crippen molar-refractivity contribution in [2.24, 2.45) is 5.92 Å². The molecule has 0 aromatic heterocycles. The quantitative estimate of drug-likeness (QED) is 0.346. The predicted octanol–water partition coefficient (Wildman–Crippen LogP) is 5.13. The van der Waals surface area contributed by atoms with Crippen LogP contribution in [0.3, 0.4) is 0 Å². The van der Waals surface area contributed by atoms with Gasteiger partial charge >= 0.3 is 18.2 Å². The zero-order valence-electron chi connectivity index (χ0n) is 22.9. The van der Waals surface area contributed by atoms with Crippen molar-refractivity contribution in [2.45, 2.75) is 96.2 Å². The molecular weight excluding hydrogens is 504 g/mol. The fraction of sp³-hybridized carbons (Fsp3) is 0.667. The minimum atomic E-state index is -2.90. The summed E-state index contributed by atoms with van der Waals surface area (Å²) < 4.78 is 54.1. The van der Waals surface area contributed by atoms with E-state index in [0.29, 0.717) is 5.75 Å². The molecule has 38 heavy (non-hydrogen) atoms. The maximum absolute atomic E-state index is 13.5. The van der Waals surface area contributed by atoms with Crippen LogP contribution < -0.4 is 4.74 Å². The van der Waals surface area contributed by atoms with Gasteiger partial charge in [-0.2, -0.15) is 0 Å². The summed E-state index contributed by atoms with van der Waals surface area (Å²) in [6, 6.07) is 6.25. The van der Waals surface area contributed by atoms with Crippen molar-refractivity contribution in [3.05, 3.63) is 29.8 Å². The fourth-order valence-corrected chi connectivity index (χ4v) is 4.17. The second-order valence-corrected chi connectivity index (χ2v) is 11.7. The molecule has 1 aliphatic heterocycles. The van der Waals surface area contributed by atoms with Crippen LogP contribution >= 0.6 is 0 Å². The van der Waals surface area contributed by atoms with E-state index in [0.717, 1.165) is 5.56 Å². The summed E-state index contributed by atoms with van der Waals surface area (Å²) in [6.45, 7) is 9.97. The second kappa shape index (κ2) is 10.9. The zero-order chi connectivity index (χ0) is 28.5. The molecule has 4 atom stereocenters. The first-order valence-corrected chi connectivity index (χ1v) is 12.6. The normalized spacial score (nSPS) is 24.4. The largest absolute Gasteiger partial charge is 0.509 e. The molecule has 0 spiro atoms. The SMILES string of the molecule is COc1ccc(C[C@@H]2[C@H](OC(=O)CC3CC3(F)F)[C@@H](OC(=O)OC(C)(C)C)CN2C(=O)OC(C)(C)C)cc1. The van der Waals surface area contributed by atoms with Crippen molar-refractivity contribution in [1.82, 2.24) is 4.90 Å². The van der Waals surface area contributed by atoms with Crippen LogP contribution in [0, 0.1) is 5.92 Å². The number of hydrogen-bond acceptors (Lipinski definition) is 8. The molecule has 3 rings (SSSR count). The molecule has 1 heterocycles. The van der Waals surface area contributed by atoms with Gasteiger partial charge in [0.05, 0.1) is 26.1 Å². The third kappa shape index (κ3) is 8.19. The van der Waals surface area contributed by atoms with Crippen LogP contribution in [0.25, 0.3) is 0 Å². The minimum Gasteiger partial charge on any atom is -0.497 e. The Morgan fingerprint density at radius 1 is 0.974 bits per heavy atom. The number of likely N-dealkylation sites (tertiary alicyclic amines) is 1. The standard InChI is InChI=1S/C27H37F2NO8/c1-25(2,3)37-23(32)30-15-20(35-24(33)38-26(4,5)6)22(36-21(31)13-17-14-27(17,28)29)19(30)12-16-8-10-18(34-7)11-9-16/h8-11,17,19-20,22H,12-15H2,1-7H3/t17?,19-,20+,22+/m1/s1. The molecule has 212 valence electrons. The highest BCUT2D eigenvalue weighted by Crippen LogP contribution is 2.50. The van der Waals surface area contributed by atoms with E-state index in [1.807, 2.05) is 0 Å². The molecule has 0 radical (unpaired) electrons. The van der Waals surface area contributed by atoms with Gasteiger partial charge in [0.25, 0.3) is 5.92 Å². The summed E-state index contributed by atoms with van der Waals surface area (Å²) in [6.07, 6.45) is -4.61. The van der Waals surface area contributed by atoms with Gasteiger partial charge < -0.3 is 23.7 Å². The molecule has 1 amide bonds. The average Bonchev–Trinajstić information content (AvgIpc) is 3.22. The maximum atomic E-state index is 13.5. The molecular formula is C27H37F2NO8. The lowest BCUT2D eigenvalue weighted by Crippen LogP contribution is -2.45. The number of carbonyl (C=O) groups is 3. The van der Waals surface area contributed by atoms with Crippen LogP contribution in [-0.2, 0) is 30.2 Å². The minimum absolute atomic E-state index is 0.146. The van der Waals surface area contributed by atoms with Crippen LogP contribution in [-0.4, -0.2) is 72.1 Å². The van der Waals surface area contributed by atoms with Crippen molar-refractivity contribution in [3.63, 3.8) is 0 Å². The van der Waals surface area contributed by atoms with E-state index in [-0.39, 0.29) is 19.4 Å². The Bertz CT molecular complexity index is 1020. The van der Waals surface area contributed by atoms with Gasteiger partial charge in [-0.1, -0.05) is 12.1 Å². The van der Waals surface area contributed by atoms with Crippen molar-refractivity contribution < 1.29 is 46.8 Å². The van der Waals surface area contributed by atoms with Gasteiger partial charge in [0.2, 0.25) is 0 Å². The number of ether oxygens (including phenoxy) is 5. The van der Waals surface area contributed by atoms with Crippen molar-refractivity contribution in [2.75, 3.05) is 13.7 Å². The van der Waals surface area contributed by atoms with E-state index in [4.69, 9.17) is 23.7 Å². The molecule has 1 saturated heterocycles. The molecule has 11 heteroatoms. The zero-order valence-corrected chi connectivity index (χ0v) is 22.9. The first-order valence-electron chi connectivity index (χ1n) is 12.6. The van der Waals surface area contributed by atoms with Crippen molar-refractivity contribution in [3.8, 4) is 5.75 Å². The number of alkyl halides is 2. The topological polar surface area (TPSA) is 101 Å². The van der Waals surface area contributed by atoms with E-state index >= 15 is 0 Å². The Kier molecular flexibility index (Phi) is 8.48. The number of rotatable bonds is 7. The van der Waals surface area contributed by atoms with Gasteiger partial charge in [-0.3, -0.25) is 9.69 Å². The lowest BCUT2D eigenvalue weighted by Gasteiger charge is -2.30. The number of carbonyl (C=O) groups excluding carboxylic acids is 3. The smallest absolute Gasteiger partial charge is 0.497 e. The number of hydrogen-bond donors (Lipinski definition) is 0. The molecule has 9 nitrogen and oxygen atoms in total. The van der Waals surface area contributed by atoms with Crippen LogP contribution in [0.2, 0.25) is 0 Å². The number of methoxy groups -OCH3 is 1. The Hall–Kier alpha value is -3.11. The maximum Gasteiger partial charge on any atom is 0.509 e. The lowest BCUT2D eigenvalue weighted by molar-refractivity contribution is -0.157. The summed E-state index contributed by atoms with van der Waals surface area (Å²) in [5.41, 5.74) is -0.903. The van der Waals surface area contributed by atoms with Crippen LogP contribution in [0.4, 0.5) is 18.4 Å². The monoisotopic (exact) mass is 541 g/mol. The molecule has 2 aliphatic rings. The van der Waals surface area contributed by atoms with E-state index < -0.39 is 65.9 Å². The lowest BCUT2D eigenvalue weighted by atomic mass is 10.0. The third-order valence-corrected chi connectivity index (χ3v) is 6.03. The van der Waals surface area contributed by atoms with Gasteiger partial charge in [-0.05, 0) is 65.7 Å². The summed E-state index contributed by atoms with van der Waals surface area (Å²) in [5.74, 6) is -4.22. The summed E-state index contributed by atoms with van der Waals surface area (Å²) >= 11 is 0. The highest BCUT2D eigenvalue weighted by atomic mass is 19.3. The molecule has 1 unspecified atom stereocenters. The first-order chi connectivity index (χ1) is 17.5. The van der Waals surface area contributed by atoms with Gasteiger partial charge in [0.15, 0.2) is 12.2 Å². The Labute approximate surface area is 221 Å². The van der Waals surface area contributed by atoms with Crippen molar-refractivity contribution in [1.29, 1.82) is 0 Å². The molecule has 1 aliphatic carbocycles. The van der Waals surface area contributed by atoms with Gasteiger partial charge in [0, 0.05) is 12.3 Å². The number of nitrogens with zero attached hydrogens (tertiary/aromatic N) is 1. The number of amides is 1. The highest BCUT2D eigenvalue weighted by molar-refractivity contribution is 5.72. The van der Waals surface area contributed by atoms with E-state index in [1.165, 1.54) is 12.0 Å². The Morgan fingerprint density at radius 2 is 1.55 bits per heavy atom. The van der Waals surface area contributed by atoms with Gasteiger partial charge in [0.1, 0.15) is 17.0 Å². The number of halogens is 2. The summed E-state index contributed by atoms with van der Waals surface area (Å²) in [4.78, 5) is 39.8. The Balaban J connectivity index is 1.90. The van der Waals surface area contributed by atoms with E-state index in [1.54, 1.807) is 65.8 Å². The van der Waals surface area contributed by atoms with Gasteiger partial charge in [-0.15, -0.1) is 0 Å². The summed E-state index contributed by atoms with van der Waals surface area (Å²) in [5, 5.41) is 0. The summed E-state index contributed by atoms with van der Waals surface area (Å²) in [7, 11) is 1.54. The first kappa shape index (κ1) is 29.4. The number of benzene rings is 1. The second-order valence-electron chi connectivity index (χ2n) is 11.7. The molecule has 1 aromatic carbocycles. The third-order valence-electron chi connectivity index (χ3n) is 6.03. The number of esters is 1. The van der Waals surface area contributed by atoms with Crippen LogP contribution in [0.1, 0.15) is 59.9 Å². The highest BCUT2D eigenvalue weighted by Gasteiger charge is 2.58. The molecule has 0 N–H and O–H groups in total. The van der Waals surface area contributed by atoms with Gasteiger partial charge in [-0.25, -0.2) is 18.4 Å². The van der Waals surface area contributed by atoms with Crippen LogP contribution in [0.15, 0.2) is 24.3 Å². The molecule has 1 aromatic rings. The molecule has 1 saturated carbocycles. The Morgan fingerprint density at radius 3 is 2.05 bits per heavy atom.